The van der Waals surface area contributed by atoms with Gasteiger partial charge < -0.3 is 15.0 Å². The first kappa shape index (κ1) is 22.1. The van der Waals surface area contributed by atoms with Gasteiger partial charge in [0.1, 0.15) is 0 Å². The molecule has 0 fully saturated rings. The van der Waals surface area contributed by atoms with Crippen LogP contribution in [-0.2, 0) is 20.7 Å². The molecule has 0 bridgehead atoms. The molecule has 0 aliphatic carbocycles. The van der Waals surface area contributed by atoms with E-state index >= 15 is 0 Å². The molecule has 2 aromatic carbocycles. The van der Waals surface area contributed by atoms with E-state index in [0.717, 1.165) is 23.2 Å². The number of para-hydroxylation sites is 1. The summed E-state index contributed by atoms with van der Waals surface area (Å²) in [5.41, 5.74) is 3.98. The van der Waals surface area contributed by atoms with Gasteiger partial charge in [-0.2, -0.15) is 0 Å². The lowest BCUT2D eigenvalue weighted by molar-refractivity contribution is -0.117. The monoisotopic (exact) mass is 396 g/mol. The van der Waals surface area contributed by atoms with E-state index in [1.807, 2.05) is 32.0 Å². The van der Waals surface area contributed by atoms with Crippen LogP contribution in [-0.4, -0.2) is 30.9 Å². The number of ether oxygens (including phenoxy) is 1. The molecule has 0 aliphatic heterocycles. The summed E-state index contributed by atoms with van der Waals surface area (Å²) in [6.07, 6.45) is 0.986. The van der Waals surface area contributed by atoms with Crippen LogP contribution in [0.3, 0.4) is 0 Å². The molecule has 0 heterocycles. The highest BCUT2D eigenvalue weighted by atomic mass is 16.5. The summed E-state index contributed by atoms with van der Waals surface area (Å²) in [6.45, 7) is 7.75. The second-order valence-electron chi connectivity index (χ2n) is 6.70. The van der Waals surface area contributed by atoms with Gasteiger partial charge in [0.25, 0.3) is 0 Å². The van der Waals surface area contributed by atoms with Crippen molar-refractivity contribution < 1.29 is 19.1 Å². The fourth-order valence-corrected chi connectivity index (χ4v) is 3.08. The number of carbonyl (C=O) groups is 3. The molecule has 1 N–H and O–H groups in total. The zero-order valence-corrected chi connectivity index (χ0v) is 17.5. The number of carbonyl (C=O) groups excluding carboxylic acids is 3. The predicted octanol–water partition coefficient (Wildman–Crippen LogP) is 4.12. The molecule has 0 atom stereocenters. The van der Waals surface area contributed by atoms with E-state index in [-0.39, 0.29) is 24.8 Å². The lowest BCUT2D eigenvalue weighted by atomic mass is 10.1. The van der Waals surface area contributed by atoms with E-state index in [9.17, 15) is 14.4 Å². The molecule has 0 aliphatic rings. The Morgan fingerprint density at radius 2 is 1.72 bits per heavy atom. The molecule has 29 heavy (non-hydrogen) atoms. The van der Waals surface area contributed by atoms with Crippen LogP contribution in [0.5, 0.6) is 0 Å². The average molecular weight is 396 g/mol. The van der Waals surface area contributed by atoms with Crippen LogP contribution in [0.15, 0.2) is 42.5 Å². The third-order valence-electron chi connectivity index (χ3n) is 4.64. The topological polar surface area (TPSA) is 75.7 Å². The zero-order chi connectivity index (χ0) is 21.4. The van der Waals surface area contributed by atoms with E-state index in [4.69, 9.17) is 4.74 Å². The first-order valence-electron chi connectivity index (χ1n) is 9.81. The minimum Gasteiger partial charge on any atom is -0.462 e. The highest BCUT2D eigenvalue weighted by molar-refractivity contribution is 5.96. The first-order valence-corrected chi connectivity index (χ1v) is 9.81. The Kier molecular flexibility index (Phi) is 7.95. The molecule has 0 spiro atoms. The summed E-state index contributed by atoms with van der Waals surface area (Å²) < 4.78 is 4.97. The summed E-state index contributed by atoms with van der Waals surface area (Å²) in [5.74, 6) is -0.729. The standard InChI is InChI=1S/C23H28N2O4/c1-5-18-9-7-8-16(3)22(18)24-21(27)14-15-25(17(4)26)20-12-10-19(11-13-20)23(28)29-6-2/h7-13H,5-6,14-15H2,1-4H3,(H,24,27). The molecule has 2 rings (SSSR count). The van der Waals surface area contributed by atoms with Crippen LogP contribution in [0.25, 0.3) is 0 Å². The number of hydrogen-bond donors (Lipinski definition) is 1. The molecule has 154 valence electrons. The molecular weight excluding hydrogens is 368 g/mol. The van der Waals surface area contributed by atoms with Crippen LogP contribution in [0, 0.1) is 6.92 Å². The molecular formula is C23H28N2O4. The summed E-state index contributed by atoms with van der Waals surface area (Å²) >= 11 is 0. The molecule has 6 nitrogen and oxygen atoms in total. The van der Waals surface area contributed by atoms with Gasteiger partial charge in [-0.15, -0.1) is 0 Å². The van der Waals surface area contributed by atoms with Crippen molar-refractivity contribution in [3.63, 3.8) is 0 Å². The molecule has 6 heteroatoms. The molecule has 0 aromatic heterocycles. The van der Waals surface area contributed by atoms with E-state index in [1.165, 1.54) is 11.8 Å². The van der Waals surface area contributed by atoms with Crippen LogP contribution in [0.2, 0.25) is 0 Å². The third-order valence-corrected chi connectivity index (χ3v) is 4.64. The number of esters is 1. The van der Waals surface area contributed by atoms with Crippen LogP contribution in [0.4, 0.5) is 11.4 Å². The maximum Gasteiger partial charge on any atom is 0.338 e. The zero-order valence-electron chi connectivity index (χ0n) is 17.5. The summed E-state index contributed by atoms with van der Waals surface area (Å²) in [5, 5.41) is 2.98. The van der Waals surface area contributed by atoms with Crippen LogP contribution in [0.1, 0.15) is 48.7 Å². The van der Waals surface area contributed by atoms with Gasteiger partial charge in [-0.3, -0.25) is 9.59 Å². The number of hydrogen-bond acceptors (Lipinski definition) is 4. The lowest BCUT2D eigenvalue weighted by Crippen LogP contribution is -2.32. The lowest BCUT2D eigenvalue weighted by Gasteiger charge is -2.21. The molecule has 0 saturated carbocycles. The Labute approximate surface area is 171 Å². The van der Waals surface area contributed by atoms with Gasteiger partial charge in [-0.1, -0.05) is 25.1 Å². The predicted molar refractivity (Wildman–Crippen MR) is 114 cm³/mol. The Bertz CT molecular complexity index is 875. The molecule has 2 amide bonds. The number of aryl methyl sites for hydroxylation is 2. The van der Waals surface area contributed by atoms with Crippen molar-refractivity contribution in [3.05, 3.63) is 59.2 Å². The number of nitrogens with one attached hydrogen (secondary N) is 1. The van der Waals surface area contributed by atoms with Gasteiger partial charge in [-0.05, 0) is 55.7 Å². The molecule has 0 radical (unpaired) electrons. The number of anilines is 2. The summed E-state index contributed by atoms with van der Waals surface area (Å²) in [7, 11) is 0. The Balaban J connectivity index is 2.05. The average Bonchev–Trinajstić information content (AvgIpc) is 2.70. The quantitative estimate of drug-likeness (QED) is 0.681. The van der Waals surface area contributed by atoms with Crippen molar-refractivity contribution in [1.82, 2.24) is 0 Å². The number of benzene rings is 2. The number of rotatable bonds is 8. The van der Waals surface area contributed by atoms with Crippen molar-refractivity contribution >= 4 is 29.2 Å². The molecule has 2 aromatic rings. The highest BCUT2D eigenvalue weighted by Crippen LogP contribution is 2.22. The van der Waals surface area contributed by atoms with Crippen LogP contribution >= 0.6 is 0 Å². The van der Waals surface area contributed by atoms with Gasteiger partial charge in [-0.25, -0.2) is 4.79 Å². The largest absolute Gasteiger partial charge is 0.462 e. The minimum absolute atomic E-state index is 0.150. The van der Waals surface area contributed by atoms with E-state index < -0.39 is 5.97 Å². The fraction of sp³-hybridized carbons (Fsp3) is 0.348. The fourth-order valence-electron chi connectivity index (χ4n) is 3.08. The van der Waals surface area contributed by atoms with E-state index in [0.29, 0.717) is 17.9 Å². The van der Waals surface area contributed by atoms with Gasteiger partial charge in [0.05, 0.1) is 12.2 Å². The number of amides is 2. The van der Waals surface area contributed by atoms with Crippen molar-refractivity contribution in [3.8, 4) is 0 Å². The van der Waals surface area contributed by atoms with Crippen molar-refractivity contribution in [2.75, 3.05) is 23.4 Å². The van der Waals surface area contributed by atoms with Crippen molar-refractivity contribution in [1.29, 1.82) is 0 Å². The summed E-state index contributed by atoms with van der Waals surface area (Å²) in [6, 6.07) is 12.5. The van der Waals surface area contributed by atoms with Crippen molar-refractivity contribution in [2.24, 2.45) is 0 Å². The van der Waals surface area contributed by atoms with Crippen molar-refractivity contribution in [2.45, 2.75) is 40.5 Å². The Morgan fingerprint density at radius 3 is 2.31 bits per heavy atom. The molecule has 0 unspecified atom stereocenters. The van der Waals surface area contributed by atoms with Gasteiger partial charge in [0, 0.05) is 31.3 Å². The highest BCUT2D eigenvalue weighted by Gasteiger charge is 2.16. The van der Waals surface area contributed by atoms with Crippen LogP contribution < -0.4 is 10.2 Å². The number of nitrogens with zero attached hydrogens (tertiary/aromatic N) is 1. The second-order valence-corrected chi connectivity index (χ2v) is 6.70. The maximum atomic E-state index is 12.5. The smallest absolute Gasteiger partial charge is 0.338 e. The second kappa shape index (κ2) is 10.4. The van der Waals surface area contributed by atoms with Gasteiger partial charge in [0.2, 0.25) is 11.8 Å². The SMILES string of the molecule is CCOC(=O)c1ccc(N(CCC(=O)Nc2c(C)cccc2CC)C(C)=O)cc1. The van der Waals surface area contributed by atoms with E-state index in [1.54, 1.807) is 31.2 Å². The van der Waals surface area contributed by atoms with Gasteiger partial charge >= 0.3 is 5.97 Å². The first-order chi connectivity index (χ1) is 13.9. The van der Waals surface area contributed by atoms with Gasteiger partial charge in [0.15, 0.2) is 0 Å². The maximum absolute atomic E-state index is 12.5. The normalized spacial score (nSPS) is 10.3. The minimum atomic E-state index is -0.405. The summed E-state index contributed by atoms with van der Waals surface area (Å²) in [4.78, 5) is 37.9. The third kappa shape index (κ3) is 5.91. The Hall–Kier alpha value is -3.15. The Morgan fingerprint density at radius 1 is 1.03 bits per heavy atom. The molecule has 0 saturated heterocycles. The van der Waals surface area contributed by atoms with E-state index in [2.05, 4.69) is 5.32 Å².